The lowest BCUT2D eigenvalue weighted by Gasteiger charge is -2.09. The third-order valence-electron chi connectivity index (χ3n) is 1.62. The van der Waals surface area contributed by atoms with Crippen LogP contribution < -0.4 is 15.2 Å². The lowest BCUT2D eigenvalue weighted by molar-refractivity contribution is 0.382. The first-order valence-electron chi connectivity index (χ1n) is 3.58. The fourth-order valence-corrected chi connectivity index (χ4v) is 1.00. The number of rotatable bonds is 3. The van der Waals surface area contributed by atoms with E-state index in [9.17, 15) is 0 Å². The van der Waals surface area contributed by atoms with Crippen LogP contribution >= 0.6 is 0 Å². The van der Waals surface area contributed by atoms with Crippen LogP contribution in [0.3, 0.4) is 0 Å². The number of aromatic nitrogens is 1. The molecule has 0 aliphatic heterocycles. The molecule has 0 fully saturated rings. The van der Waals surface area contributed by atoms with Gasteiger partial charge in [0, 0.05) is 6.54 Å². The maximum Gasteiger partial charge on any atom is 0.145 e. The SMILES string of the molecule is COc1cncc(OC)c1CN. The monoisotopic (exact) mass is 168 g/mol. The topological polar surface area (TPSA) is 57.4 Å². The van der Waals surface area contributed by atoms with Gasteiger partial charge in [-0.25, -0.2) is 0 Å². The summed E-state index contributed by atoms with van der Waals surface area (Å²) in [6.07, 6.45) is 3.23. The third-order valence-corrected chi connectivity index (χ3v) is 1.62. The van der Waals surface area contributed by atoms with Gasteiger partial charge in [0.1, 0.15) is 11.5 Å². The van der Waals surface area contributed by atoms with Crippen molar-refractivity contribution in [1.29, 1.82) is 0 Å². The number of hydrogen-bond donors (Lipinski definition) is 1. The predicted molar refractivity (Wildman–Crippen MR) is 45.2 cm³/mol. The molecule has 1 heterocycles. The molecule has 0 unspecified atom stereocenters. The maximum atomic E-state index is 5.51. The van der Waals surface area contributed by atoms with Gasteiger partial charge in [-0.2, -0.15) is 0 Å². The van der Waals surface area contributed by atoms with Crippen LogP contribution in [0.15, 0.2) is 12.4 Å². The molecule has 0 aliphatic rings. The zero-order valence-corrected chi connectivity index (χ0v) is 7.20. The fraction of sp³-hybridized carbons (Fsp3) is 0.375. The highest BCUT2D eigenvalue weighted by Gasteiger charge is 2.07. The van der Waals surface area contributed by atoms with E-state index in [-0.39, 0.29) is 0 Å². The molecule has 0 amide bonds. The highest BCUT2D eigenvalue weighted by Crippen LogP contribution is 2.25. The van der Waals surface area contributed by atoms with Crippen LogP contribution in [-0.2, 0) is 6.54 Å². The second kappa shape index (κ2) is 3.92. The molecule has 1 rings (SSSR count). The molecule has 1 aromatic heterocycles. The zero-order chi connectivity index (χ0) is 8.97. The van der Waals surface area contributed by atoms with E-state index >= 15 is 0 Å². The summed E-state index contributed by atoms with van der Waals surface area (Å²) in [6, 6.07) is 0. The summed E-state index contributed by atoms with van der Waals surface area (Å²) in [5.74, 6) is 1.33. The first kappa shape index (κ1) is 8.80. The molecule has 1 aromatic rings. The first-order chi connectivity index (χ1) is 5.83. The van der Waals surface area contributed by atoms with E-state index in [1.807, 2.05) is 0 Å². The van der Waals surface area contributed by atoms with Crippen LogP contribution in [0.2, 0.25) is 0 Å². The molecule has 0 spiro atoms. The van der Waals surface area contributed by atoms with Gasteiger partial charge in [0.25, 0.3) is 0 Å². The lowest BCUT2D eigenvalue weighted by Crippen LogP contribution is -2.03. The molecule has 2 N–H and O–H groups in total. The Bertz CT molecular complexity index is 241. The summed E-state index contributed by atoms with van der Waals surface area (Å²) in [5, 5.41) is 0. The number of hydrogen-bond acceptors (Lipinski definition) is 4. The van der Waals surface area contributed by atoms with E-state index in [1.165, 1.54) is 0 Å². The Labute approximate surface area is 71.3 Å². The van der Waals surface area contributed by atoms with Gasteiger partial charge in [0.2, 0.25) is 0 Å². The normalized spacial score (nSPS) is 9.58. The average Bonchev–Trinajstić information content (AvgIpc) is 2.16. The number of nitrogens with zero attached hydrogens (tertiary/aromatic N) is 1. The van der Waals surface area contributed by atoms with E-state index in [2.05, 4.69) is 4.98 Å². The Morgan fingerprint density at radius 2 is 1.75 bits per heavy atom. The maximum absolute atomic E-state index is 5.51. The van der Waals surface area contributed by atoms with Crippen LogP contribution in [0.1, 0.15) is 5.56 Å². The van der Waals surface area contributed by atoms with Gasteiger partial charge < -0.3 is 15.2 Å². The van der Waals surface area contributed by atoms with E-state index in [4.69, 9.17) is 15.2 Å². The highest BCUT2D eigenvalue weighted by molar-refractivity contribution is 5.41. The van der Waals surface area contributed by atoms with Crippen LogP contribution in [0.4, 0.5) is 0 Å². The fourth-order valence-electron chi connectivity index (χ4n) is 1.00. The Morgan fingerprint density at radius 1 is 1.25 bits per heavy atom. The molecule has 12 heavy (non-hydrogen) atoms. The van der Waals surface area contributed by atoms with Crippen molar-refractivity contribution < 1.29 is 9.47 Å². The van der Waals surface area contributed by atoms with Gasteiger partial charge in [-0.1, -0.05) is 0 Å². The standard InChI is InChI=1S/C8H12N2O2/c1-11-7-4-10-5-8(12-2)6(7)3-9/h4-5H,3,9H2,1-2H3. The van der Waals surface area contributed by atoms with Crippen molar-refractivity contribution in [1.82, 2.24) is 4.98 Å². The summed E-state index contributed by atoms with van der Waals surface area (Å²) < 4.78 is 10.1. The summed E-state index contributed by atoms with van der Waals surface area (Å²) in [4.78, 5) is 3.93. The second-order valence-corrected chi connectivity index (χ2v) is 2.23. The molecule has 0 saturated carbocycles. The van der Waals surface area contributed by atoms with Crippen LogP contribution in [-0.4, -0.2) is 19.2 Å². The molecule has 66 valence electrons. The van der Waals surface area contributed by atoms with E-state index in [0.717, 1.165) is 5.56 Å². The van der Waals surface area contributed by atoms with E-state index in [1.54, 1.807) is 26.6 Å². The van der Waals surface area contributed by atoms with Crippen molar-refractivity contribution >= 4 is 0 Å². The molecule has 4 nitrogen and oxygen atoms in total. The van der Waals surface area contributed by atoms with Gasteiger partial charge in [0.05, 0.1) is 32.2 Å². The molecule has 0 saturated heterocycles. The minimum Gasteiger partial charge on any atom is -0.495 e. The van der Waals surface area contributed by atoms with Crippen molar-refractivity contribution in [3.63, 3.8) is 0 Å². The van der Waals surface area contributed by atoms with Crippen molar-refractivity contribution in [2.45, 2.75) is 6.54 Å². The van der Waals surface area contributed by atoms with Crippen molar-refractivity contribution in [2.24, 2.45) is 5.73 Å². The Morgan fingerprint density at radius 3 is 2.08 bits per heavy atom. The number of ether oxygens (including phenoxy) is 2. The molecule has 0 aromatic carbocycles. The summed E-state index contributed by atoms with van der Waals surface area (Å²) in [6.45, 7) is 0.384. The predicted octanol–water partition coefficient (Wildman–Crippen LogP) is 0.557. The van der Waals surface area contributed by atoms with E-state index < -0.39 is 0 Å². The molecule has 0 bridgehead atoms. The minimum absolute atomic E-state index is 0.384. The second-order valence-electron chi connectivity index (χ2n) is 2.23. The number of nitrogens with two attached hydrogens (primary N) is 1. The van der Waals surface area contributed by atoms with Crippen molar-refractivity contribution in [2.75, 3.05) is 14.2 Å². The van der Waals surface area contributed by atoms with E-state index in [0.29, 0.717) is 18.0 Å². The van der Waals surface area contributed by atoms with Gasteiger partial charge in [0.15, 0.2) is 0 Å². The molecular weight excluding hydrogens is 156 g/mol. The third kappa shape index (κ3) is 1.48. The summed E-state index contributed by atoms with van der Waals surface area (Å²) >= 11 is 0. The number of methoxy groups -OCH3 is 2. The van der Waals surface area contributed by atoms with Crippen molar-refractivity contribution in [3.05, 3.63) is 18.0 Å². The summed E-state index contributed by atoms with van der Waals surface area (Å²) in [7, 11) is 3.16. The minimum atomic E-state index is 0.384. The Kier molecular flexibility index (Phi) is 2.88. The van der Waals surface area contributed by atoms with Gasteiger partial charge in [-0.3, -0.25) is 4.98 Å². The van der Waals surface area contributed by atoms with Crippen LogP contribution in [0.25, 0.3) is 0 Å². The Hall–Kier alpha value is -1.29. The molecular formula is C8H12N2O2. The molecule has 4 heteroatoms. The molecule has 0 aliphatic carbocycles. The van der Waals surface area contributed by atoms with Gasteiger partial charge >= 0.3 is 0 Å². The van der Waals surface area contributed by atoms with Crippen LogP contribution in [0, 0.1) is 0 Å². The highest BCUT2D eigenvalue weighted by atomic mass is 16.5. The number of pyridine rings is 1. The quantitative estimate of drug-likeness (QED) is 0.716. The lowest BCUT2D eigenvalue weighted by atomic mass is 10.2. The molecule has 0 atom stereocenters. The van der Waals surface area contributed by atoms with Gasteiger partial charge in [-0.05, 0) is 0 Å². The zero-order valence-electron chi connectivity index (χ0n) is 7.20. The largest absolute Gasteiger partial charge is 0.495 e. The summed E-state index contributed by atoms with van der Waals surface area (Å²) in [5.41, 5.74) is 6.36. The molecule has 0 radical (unpaired) electrons. The van der Waals surface area contributed by atoms with Crippen molar-refractivity contribution in [3.8, 4) is 11.5 Å². The average molecular weight is 168 g/mol. The smallest absolute Gasteiger partial charge is 0.145 e. The Balaban J connectivity index is 3.13. The first-order valence-corrected chi connectivity index (χ1v) is 3.58. The van der Waals surface area contributed by atoms with Crippen LogP contribution in [0.5, 0.6) is 11.5 Å². The van der Waals surface area contributed by atoms with Gasteiger partial charge in [-0.15, -0.1) is 0 Å².